The SMILES string of the molecule is Cc1cc(Nc2cc(Cl)nc(N3CCC3c3cc(-c4ncccn4)no3)n2)n[nH]1. The number of aromatic amines is 1. The average Bonchev–Trinajstić information content (AvgIpc) is 3.30. The molecule has 4 aromatic heterocycles. The van der Waals surface area contributed by atoms with Crippen molar-refractivity contribution in [1.29, 1.82) is 0 Å². The number of aromatic nitrogens is 7. The summed E-state index contributed by atoms with van der Waals surface area (Å²) in [5.41, 5.74) is 1.54. The molecule has 1 fully saturated rings. The molecule has 29 heavy (non-hydrogen) atoms. The number of rotatable bonds is 5. The van der Waals surface area contributed by atoms with E-state index in [1.165, 1.54) is 0 Å². The minimum Gasteiger partial charge on any atom is -0.358 e. The molecule has 10 nitrogen and oxygen atoms in total. The van der Waals surface area contributed by atoms with Gasteiger partial charge in [-0.3, -0.25) is 5.10 Å². The van der Waals surface area contributed by atoms with Crippen LogP contribution in [0.5, 0.6) is 0 Å². The van der Waals surface area contributed by atoms with Gasteiger partial charge in [0.2, 0.25) is 5.95 Å². The summed E-state index contributed by atoms with van der Waals surface area (Å²) in [4.78, 5) is 19.4. The first-order valence-corrected chi connectivity index (χ1v) is 9.38. The Morgan fingerprint density at radius 1 is 1.17 bits per heavy atom. The molecule has 5 heterocycles. The lowest BCUT2D eigenvalue weighted by molar-refractivity contribution is 0.315. The quantitative estimate of drug-likeness (QED) is 0.478. The number of halogens is 1. The van der Waals surface area contributed by atoms with Crippen LogP contribution in [0.3, 0.4) is 0 Å². The minimum absolute atomic E-state index is 0.0288. The molecule has 0 amide bonds. The summed E-state index contributed by atoms with van der Waals surface area (Å²) in [6, 6.07) is 7.11. The van der Waals surface area contributed by atoms with Gasteiger partial charge in [0, 0.05) is 42.8 Å². The van der Waals surface area contributed by atoms with Crippen LogP contribution in [0.1, 0.15) is 23.9 Å². The van der Waals surface area contributed by atoms with Gasteiger partial charge in [-0.25, -0.2) is 15.0 Å². The zero-order valence-electron chi connectivity index (χ0n) is 15.4. The molecule has 1 aliphatic heterocycles. The molecule has 0 bridgehead atoms. The molecule has 5 rings (SSSR count). The summed E-state index contributed by atoms with van der Waals surface area (Å²) in [7, 11) is 0. The van der Waals surface area contributed by atoms with Crippen molar-refractivity contribution in [3.05, 3.63) is 53.3 Å². The van der Waals surface area contributed by atoms with Crippen LogP contribution in [0.15, 0.2) is 41.2 Å². The Bertz CT molecular complexity index is 1140. The van der Waals surface area contributed by atoms with Crippen molar-refractivity contribution in [2.75, 3.05) is 16.8 Å². The molecule has 4 aromatic rings. The Morgan fingerprint density at radius 2 is 2.03 bits per heavy atom. The first-order valence-electron chi connectivity index (χ1n) is 9.00. The third kappa shape index (κ3) is 3.49. The van der Waals surface area contributed by atoms with Gasteiger partial charge in [0.25, 0.3) is 0 Å². The van der Waals surface area contributed by atoms with Crippen LogP contribution in [0, 0.1) is 6.92 Å². The summed E-state index contributed by atoms with van der Waals surface area (Å²) >= 11 is 6.23. The van der Waals surface area contributed by atoms with Crippen LogP contribution in [0.4, 0.5) is 17.6 Å². The van der Waals surface area contributed by atoms with Crippen molar-refractivity contribution in [2.45, 2.75) is 19.4 Å². The van der Waals surface area contributed by atoms with Gasteiger partial charge in [0.15, 0.2) is 23.1 Å². The molecule has 1 atom stereocenters. The number of nitrogens with one attached hydrogen (secondary N) is 2. The third-order valence-corrected chi connectivity index (χ3v) is 4.77. The van der Waals surface area contributed by atoms with Crippen molar-refractivity contribution in [1.82, 2.24) is 35.3 Å². The van der Waals surface area contributed by atoms with Gasteiger partial charge < -0.3 is 14.7 Å². The smallest absolute Gasteiger partial charge is 0.229 e. The van der Waals surface area contributed by atoms with Crippen LogP contribution in [-0.4, -0.2) is 41.8 Å². The summed E-state index contributed by atoms with van der Waals surface area (Å²) in [5.74, 6) is 2.96. The maximum Gasteiger partial charge on any atom is 0.229 e. The lowest BCUT2D eigenvalue weighted by Gasteiger charge is -2.39. The topological polar surface area (TPSA) is 122 Å². The van der Waals surface area contributed by atoms with E-state index in [0.717, 1.165) is 18.7 Å². The molecule has 1 saturated heterocycles. The second kappa shape index (κ2) is 7.13. The van der Waals surface area contributed by atoms with E-state index in [9.17, 15) is 0 Å². The average molecular weight is 410 g/mol. The molecule has 1 unspecified atom stereocenters. The highest BCUT2D eigenvalue weighted by Gasteiger charge is 2.35. The van der Waals surface area contributed by atoms with E-state index >= 15 is 0 Å². The summed E-state index contributed by atoms with van der Waals surface area (Å²) in [6.07, 6.45) is 4.23. The number of hydrogen-bond acceptors (Lipinski definition) is 9. The molecule has 0 aliphatic carbocycles. The van der Waals surface area contributed by atoms with Gasteiger partial charge in [0.1, 0.15) is 11.0 Å². The number of aryl methyl sites for hydroxylation is 1. The second-order valence-corrected chi connectivity index (χ2v) is 7.01. The third-order valence-electron chi connectivity index (χ3n) is 4.57. The van der Waals surface area contributed by atoms with E-state index in [1.54, 1.807) is 24.5 Å². The van der Waals surface area contributed by atoms with Crippen LogP contribution >= 0.6 is 11.6 Å². The molecular formula is C18H16ClN9O. The number of nitrogens with zero attached hydrogens (tertiary/aromatic N) is 7. The first kappa shape index (κ1) is 17.6. The van der Waals surface area contributed by atoms with E-state index in [2.05, 4.69) is 40.6 Å². The Labute approximate surface area is 170 Å². The standard InChI is InChI=1S/C18H16ClN9O/c1-10-7-16(26-25-10)23-15-9-14(19)22-18(24-15)28-6-3-12(28)13-8-11(27-29-13)17-20-4-2-5-21-17/h2,4-5,7-9,12H,3,6H2,1H3,(H2,22,23,24,25,26). The van der Waals surface area contributed by atoms with Crippen molar-refractivity contribution in [3.63, 3.8) is 0 Å². The maximum atomic E-state index is 6.23. The van der Waals surface area contributed by atoms with Gasteiger partial charge in [-0.2, -0.15) is 10.1 Å². The largest absolute Gasteiger partial charge is 0.358 e. The van der Waals surface area contributed by atoms with Crippen LogP contribution in [0.2, 0.25) is 5.15 Å². The Hall–Kier alpha value is -3.53. The number of hydrogen-bond donors (Lipinski definition) is 2. The van der Waals surface area contributed by atoms with Crippen molar-refractivity contribution in [2.24, 2.45) is 0 Å². The normalized spacial score (nSPS) is 15.9. The second-order valence-electron chi connectivity index (χ2n) is 6.62. The summed E-state index contributed by atoms with van der Waals surface area (Å²) in [5, 5.41) is 14.6. The molecule has 0 radical (unpaired) electrons. The van der Waals surface area contributed by atoms with Gasteiger partial charge in [-0.05, 0) is 19.4 Å². The highest BCUT2D eigenvalue weighted by Crippen LogP contribution is 2.38. The van der Waals surface area contributed by atoms with E-state index in [-0.39, 0.29) is 6.04 Å². The maximum absolute atomic E-state index is 6.23. The summed E-state index contributed by atoms with van der Waals surface area (Å²) in [6.45, 7) is 2.71. The molecule has 146 valence electrons. The van der Waals surface area contributed by atoms with Crippen LogP contribution in [-0.2, 0) is 0 Å². The zero-order chi connectivity index (χ0) is 19.8. The lowest BCUT2D eigenvalue weighted by atomic mass is 10.0. The van der Waals surface area contributed by atoms with E-state index in [4.69, 9.17) is 16.1 Å². The number of anilines is 3. The van der Waals surface area contributed by atoms with E-state index < -0.39 is 0 Å². The molecule has 2 N–H and O–H groups in total. The van der Waals surface area contributed by atoms with Crippen LogP contribution < -0.4 is 10.2 Å². The molecule has 0 aromatic carbocycles. The van der Waals surface area contributed by atoms with E-state index in [1.807, 2.05) is 24.0 Å². The fraction of sp³-hybridized carbons (Fsp3) is 0.222. The van der Waals surface area contributed by atoms with Gasteiger partial charge in [-0.15, -0.1) is 0 Å². The minimum atomic E-state index is -0.0288. The van der Waals surface area contributed by atoms with Gasteiger partial charge in [-0.1, -0.05) is 16.8 Å². The first-order chi connectivity index (χ1) is 14.2. The molecule has 1 aliphatic rings. The number of H-pyrrole nitrogens is 1. The summed E-state index contributed by atoms with van der Waals surface area (Å²) < 4.78 is 5.54. The Kier molecular flexibility index (Phi) is 4.32. The predicted octanol–water partition coefficient (Wildman–Crippen LogP) is 3.30. The monoisotopic (exact) mass is 409 g/mol. The fourth-order valence-electron chi connectivity index (χ4n) is 3.12. The van der Waals surface area contributed by atoms with E-state index in [0.29, 0.717) is 40.0 Å². The fourth-order valence-corrected chi connectivity index (χ4v) is 3.30. The van der Waals surface area contributed by atoms with Crippen molar-refractivity contribution in [3.8, 4) is 11.5 Å². The molecule has 0 saturated carbocycles. The van der Waals surface area contributed by atoms with Gasteiger partial charge >= 0.3 is 0 Å². The van der Waals surface area contributed by atoms with Crippen LogP contribution in [0.25, 0.3) is 11.5 Å². The van der Waals surface area contributed by atoms with Crippen molar-refractivity contribution >= 4 is 29.2 Å². The van der Waals surface area contributed by atoms with Gasteiger partial charge in [0.05, 0.1) is 6.04 Å². The zero-order valence-corrected chi connectivity index (χ0v) is 16.1. The van der Waals surface area contributed by atoms with Crippen molar-refractivity contribution < 1.29 is 4.52 Å². The molecular weight excluding hydrogens is 394 g/mol. The highest BCUT2D eigenvalue weighted by atomic mass is 35.5. The highest BCUT2D eigenvalue weighted by molar-refractivity contribution is 6.29. The molecule has 11 heteroatoms. The Balaban J connectivity index is 1.38. The lowest BCUT2D eigenvalue weighted by Crippen LogP contribution is -2.42. The Morgan fingerprint density at radius 3 is 2.76 bits per heavy atom. The predicted molar refractivity (Wildman–Crippen MR) is 106 cm³/mol. The molecule has 0 spiro atoms.